The highest BCUT2D eigenvalue weighted by atomic mass is 16.2. The fourth-order valence-corrected chi connectivity index (χ4v) is 1.68. The average molecular weight is 204 g/mol. The summed E-state index contributed by atoms with van der Waals surface area (Å²) in [7, 11) is 3.54. The van der Waals surface area contributed by atoms with Crippen molar-refractivity contribution < 1.29 is 4.79 Å². The molecule has 0 bridgehead atoms. The maximum Gasteiger partial charge on any atom is 0.253 e. The van der Waals surface area contributed by atoms with Crippen LogP contribution >= 0.6 is 0 Å². The SMILES string of the molecule is CN(C)C(=O)c1ccc(C2CNC2)cc1. The molecular weight excluding hydrogens is 188 g/mol. The van der Waals surface area contributed by atoms with Gasteiger partial charge in [-0.05, 0) is 17.7 Å². The van der Waals surface area contributed by atoms with Crippen LogP contribution < -0.4 is 5.32 Å². The van der Waals surface area contributed by atoms with Crippen LogP contribution in [-0.2, 0) is 0 Å². The second-order valence-corrected chi connectivity index (χ2v) is 4.18. The molecular formula is C12H16N2O. The molecule has 0 atom stereocenters. The maximum absolute atomic E-state index is 11.6. The van der Waals surface area contributed by atoms with Gasteiger partial charge in [-0.3, -0.25) is 4.79 Å². The zero-order chi connectivity index (χ0) is 10.8. The minimum absolute atomic E-state index is 0.0632. The molecule has 1 aromatic carbocycles. The Labute approximate surface area is 90.1 Å². The Bertz CT molecular complexity index is 352. The quantitative estimate of drug-likeness (QED) is 0.781. The predicted molar refractivity (Wildman–Crippen MR) is 60.1 cm³/mol. The van der Waals surface area contributed by atoms with Gasteiger partial charge in [0.15, 0.2) is 0 Å². The second-order valence-electron chi connectivity index (χ2n) is 4.18. The van der Waals surface area contributed by atoms with E-state index in [0.29, 0.717) is 5.92 Å². The van der Waals surface area contributed by atoms with Crippen LogP contribution in [0.25, 0.3) is 0 Å². The van der Waals surface area contributed by atoms with Crippen molar-refractivity contribution in [2.75, 3.05) is 27.2 Å². The number of benzene rings is 1. The third-order valence-electron chi connectivity index (χ3n) is 2.82. The van der Waals surface area contributed by atoms with Crippen molar-refractivity contribution in [2.45, 2.75) is 5.92 Å². The minimum atomic E-state index is 0.0632. The van der Waals surface area contributed by atoms with Crippen LogP contribution in [0.2, 0.25) is 0 Å². The predicted octanol–water partition coefficient (Wildman–Crippen LogP) is 1.08. The molecule has 0 unspecified atom stereocenters. The Balaban J connectivity index is 2.12. The minimum Gasteiger partial charge on any atom is -0.345 e. The molecule has 1 aromatic rings. The third-order valence-corrected chi connectivity index (χ3v) is 2.82. The number of nitrogens with one attached hydrogen (secondary N) is 1. The average Bonchev–Trinajstić information content (AvgIpc) is 2.15. The molecule has 0 saturated carbocycles. The van der Waals surface area contributed by atoms with E-state index in [4.69, 9.17) is 0 Å². The first-order chi connectivity index (χ1) is 7.18. The van der Waals surface area contributed by atoms with Crippen molar-refractivity contribution in [3.63, 3.8) is 0 Å². The molecule has 1 aliphatic heterocycles. The number of amides is 1. The van der Waals surface area contributed by atoms with Gasteiger partial charge >= 0.3 is 0 Å². The molecule has 2 rings (SSSR count). The summed E-state index contributed by atoms with van der Waals surface area (Å²) < 4.78 is 0. The molecule has 1 heterocycles. The van der Waals surface area contributed by atoms with Gasteiger partial charge in [-0.2, -0.15) is 0 Å². The molecule has 15 heavy (non-hydrogen) atoms. The first-order valence-electron chi connectivity index (χ1n) is 5.21. The first-order valence-corrected chi connectivity index (χ1v) is 5.21. The van der Waals surface area contributed by atoms with E-state index < -0.39 is 0 Å². The van der Waals surface area contributed by atoms with Crippen LogP contribution in [0.5, 0.6) is 0 Å². The summed E-state index contributed by atoms with van der Waals surface area (Å²) in [6.45, 7) is 2.11. The molecule has 80 valence electrons. The second kappa shape index (κ2) is 4.03. The summed E-state index contributed by atoms with van der Waals surface area (Å²) in [5.41, 5.74) is 2.08. The third kappa shape index (κ3) is 2.02. The van der Waals surface area contributed by atoms with E-state index in [1.54, 1.807) is 19.0 Å². The number of carbonyl (C=O) groups is 1. The highest BCUT2D eigenvalue weighted by Crippen LogP contribution is 2.20. The fourth-order valence-electron chi connectivity index (χ4n) is 1.68. The molecule has 0 radical (unpaired) electrons. The Hall–Kier alpha value is -1.35. The lowest BCUT2D eigenvalue weighted by Gasteiger charge is -2.27. The molecule has 3 heteroatoms. The first kappa shape index (κ1) is 10.2. The summed E-state index contributed by atoms with van der Waals surface area (Å²) in [4.78, 5) is 13.2. The molecule has 1 N–H and O–H groups in total. The summed E-state index contributed by atoms with van der Waals surface area (Å²) in [5.74, 6) is 0.696. The van der Waals surface area contributed by atoms with Crippen LogP contribution in [-0.4, -0.2) is 38.0 Å². The van der Waals surface area contributed by atoms with Gasteiger partial charge in [0.05, 0.1) is 0 Å². The Kier molecular flexibility index (Phi) is 2.73. The van der Waals surface area contributed by atoms with Crippen LogP contribution in [0.3, 0.4) is 0 Å². The van der Waals surface area contributed by atoms with Crippen molar-refractivity contribution >= 4 is 5.91 Å². The number of nitrogens with zero attached hydrogens (tertiary/aromatic N) is 1. The lowest BCUT2D eigenvalue weighted by Crippen LogP contribution is -2.39. The lowest BCUT2D eigenvalue weighted by molar-refractivity contribution is 0.0827. The molecule has 0 aliphatic carbocycles. The Morgan fingerprint density at radius 2 is 1.87 bits per heavy atom. The van der Waals surface area contributed by atoms with Gasteiger partial charge in [0, 0.05) is 38.7 Å². The van der Waals surface area contributed by atoms with Crippen LogP contribution in [0, 0.1) is 0 Å². The van der Waals surface area contributed by atoms with E-state index >= 15 is 0 Å². The summed E-state index contributed by atoms with van der Waals surface area (Å²) in [5, 5.41) is 3.24. The van der Waals surface area contributed by atoms with Gasteiger partial charge in [0.2, 0.25) is 0 Å². The van der Waals surface area contributed by atoms with E-state index in [-0.39, 0.29) is 5.91 Å². The highest BCUT2D eigenvalue weighted by molar-refractivity contribution is 5.93. The normalized spacial score (nSPS) is 15.9. The molecule has 3 nitrogen and oxygen atoms in total. The summed E-state index contributed by atoms with van der Waals surface area (Å²) in [6.07, 6.45) is 0. The van der Waals surface area contributed by atoms with Crippen molar-refractivity contribution in [1.29, 1.82) is 0 Å². The van der Waals surface area contributed by atoms with Crippen molar-refractivity contribution in [1.82, 2.24) is 10.2 Å². The van der Waals surface area contributed by atoms with Crippen molar-refractivity contribution in [3.05, 3.63) is 35.4 Å². The van der Waals surface area contributed by atoms with E-state index in [0.717, 1.165) is 18.7 Å². The van der Waals surface area contributed by atoms with Crippen LogP contribution in [0.15, 0.2) is 24.3 Å². The largest absolute Gasteiger partial charge is 0.345 e. The standard InChI is InChI=1S/C12H16N2O/c1-14(2)12(15)10-5-3-9(4-6-10)11-7-13-8-11/h3-6,11,13H,7-8H2,1-2H3. The number of rotatable bonds is 2. The molecule has 0 spiro atoms. The maximum atomic E-state index is 11.6. The summed E-state index contributed by atoms with van der Waals surface area (Å²) in [6, 6.07) is 7.94. The van der Waals surface area contributed by atoms with Gasteiger partial charge in [-0.15, -0.1) is 0 Å². The van der Waals surface area contributed by atoms with Crippen LogP contribution in [0.1, 0.15) is 21.8 Å². The van der Waals surface area contributed by atoms with Gasteiger partial charge in [-0.1, -0.05) is 12.1 Å². The van der Waals surface area contributed by atoms with E-state index in [9.17, 15) is 4.79 Å². The van der Waals surface area contributed by atoms with Gasteiger partial charge < -0.3 is 10.2 Å². The lowest BCUT2D eigenvalue weighted by atomic mass is 9.93. The number of carbonyl (C=O) groups excluding carboxylic acids is 1. The zero-order valence-corrected chi connectivity index (χ0v) is 9.16. The Morgan fingerprint density at radius 3 is 2.27 bits per heavy atom. The van der Waals surface area contributed by atoms with E-state index in [2.05, 4.69) is 17.4 Å². The Morgan fingerprint density at radius 1 is 1.27 bits per heavy atom. The smallest absolute Gasteiger partial charge is 0.253 e. The number of hydrogen-bond donors (Lipinski definition) is 1. The monoisotopic (exact) mass is 204 g/mol. The topological polar surface area (TPSA) is 32.3 Å². The van der Waals surface area contributed by atoms with Gasteiger partial charge in [-0.25, -0.2) is 0 Å². The van der Waals surface area contributed by atoms with Crippen LogP contribution in [0.4, 0.5) is 0 Å². The molecule has 1 saturated heterocycles. The molecule has 1 amide bonds. The van der Waals surface area contributed by atoms with Crippen molar-refractivity contribution in [3.8, 4) is 0 Å². The van der Waals surface area contributed by atoms with E-state index in [1.165, 1.54) is 5.56 Å². The van der Waals surface area contributed by atoms with Gasteiger partial charge in [0.25, 0.3) is 5.91 Å². The summed E-state index contributed by atoms with van der Waals surface area (Å²) >= 11 is 0. The van der Waals surface area contributed by atoms with Gasteiger partial charge in [0.1, 0.15) is 0 Å². The van der Waals surface area contributed by atoms with E-state index in [1.807, 2.05) is 12.1 Å². The molecule has 1 aliphatic rings. The fraction of sp³-hybridized carbons (Fsp3) is 0.417. The zero-order valence-electron chi connectivity index (χ0n) is 9.16. The number of hydrogen-bond acceptors (Lipinski definition) is 2. The highest BCUT2D eigenvalue weighted by Gasteiger charge is 2.18. The van der Waals surface area contributed by atoms with Crippen molar-refractivity contribution in [2.24, 2.45) is 0 Å². The molecule has 1 fully saturated rings. The molecule has 0 aromatic heterocycles.